The number of rotatable bonds is 4. The van der Waals surface area contributed by atoms with E-state index in [9.17, 15) is 14.7 Å². The molecular weight excluding hydrogens is 344 g/mol. The number of esters is 2. The van der Waals surface area contributed by atoms with Crippen LogP contribution in [0.2, 0.25) is 0 Å². The summed E-state index contributed by atoms with van der Waals surface area (Å²) in [5, 5.41) is 11.2. The van der Waals surface area contributed by atoms with Crippen LogP contribution < -0.4 is 0 Å². The molecule has 6 aliphatic carbocycles. The van der Waals surface area contributed by atoms with Crippen LogP contribution in [0.4, 0.5) is 0 Å². The number of carbonyl (C=O) groups is 2. The second-order valence-electron chi connectivity index (χ2n) is 10.4. The number of hydrogen-bond acceptors (Lipinski definition) is 5. The average molecular weight is 376 g/mol. The Labute approximate surface area is 161 Å². The van der Waals surface area contributed by atoms with Gasteiger partial charge in [0.25, 0.3) is 0 Å². The minimum atomic E-state index is -0.856. The predicted octanol–water partition coefficient (Wildman–Crippen LogP) is 3.66. The Morgan fingerprint density at radius 3 is 1.56 bits per heavy atom. The smallest absolute Gasteiger partial charge is 0.309 e. The zero-order valence-electron chi connectivity index (χ0n) is 16.2. The molecule has 0 aromatic rings. The fraction of sp³-hybridized carbons (Fsp3) is 0.909. The van der Waals surface area contributed by atoms with Crippen molar-refractivity contribution >= 4 is 11.9 Å². The molecule has 0 radical (unpaired) electrons. The molecule has 2 unspecified atom stereocenters. The zero-order valence-corrected chi connectivity index (χ0v) is 16.2. The minimum absolute atomic E-state index is 0.0182. The van der Waals surface area contributed by atoms with Gasteiger partial charge in [0.15, 0.2) is 0 Å². The molecular formula is C22H32O5. The molecule has 0 aliphatic heterocycles. The van der Waals surface area contributed by atoms with E-state index in [0.717, 1.165) is 70.6 Å². The van der Waals surface area contributed by atoms with E-state index in [-0.39, 0.29) is 29.7 Å². The third kappa shape index (κ3) is 3.20. The molecule has 6 saturated carbocycles. The van der Waals surface area contributed by atoms with Crippen molar-refractivity contribution in [1.29, 1.82) is 0 Å². The number of carbonyl (C=O) groups excluding carboxylic acids is 2. The van der Waals surface area contributed by atoms with Gasteiger partial charge in [-0.25, -0.2) is 0 Å². The van der Waals surface area contributed by atoms with Crippen molar-refractivity contribution < 1.29 is 24.2 Å². The molecule has 0 saturated heterocycles. The molecule has 0 amide bonds. The normalized spacial score (nSPS) is 44.0. The van der Waals surface area contributed by atoms with Crippen LogP contribution >= 0.6 is 0 Å². The lowest BCUT2D eigenvalue weighted by molar-refractivity contribution is -0.269. The Bertz CT molecular complexity index is 585. The van der Waals surface area contributed by atoms with E-state index in [1.54, 1.807) is 0 Å². The molecule has 0 spiro atoms. The second kappa shape index (κ2) is 6.20. The molecule has 5 heteroatoms. The van der Waals surface area contributed by atoms with Crippen LogP contribution in [0.25, 0.3) is 0 Å². The van der Waals surface area contributed by atoms with Crippen LogP contribution in [0.5, 0.6) is 0 Å². The van der Waals surface area contributed by atoms with E-state index in [1.807, 2.05) is 0 Å². The van der Waals surface area contributed by atoms with Crippen molar-refractivity contribution in [3.05, 3.63) is 0 Å². The summed E-state index contributed by atoms with van der Waals surface area (Å²) in [5.41, 5.74) is -2.13. The van der Waals surface area contributed by atoms with Crippen molar-refractivity contribution in [2.24, 2.45) is 17.8 Å². The van der Waals surface area contributed by atoms with E-state index in [2.05, 4.69) is 0 Å². The van der Waals surface area contributed by atoms with E-state index in [4.69, 9.17) is 9.47 Å². The summed E-state index contributed by atoms with van der Waals surface area (Å²) >= 11 is 0. The fourth-order valence-electron chi connectivity index (χ4n) is 7.36. The lowest BCUT2D eigenvalue weighted by Crippen LogP contribution is -2.68. The Morgan fingerprint density at radius 2 is 1.15 bits per heavy atom. The molecule has 0 aromatic carbocycles. The lowest BCUT2D eigenvalue weighted by Gasteiger charge is -2.63. The first-order chi connectivity index (χ1) is 12.9. The summed E-state index contributed by atoms with van der Waals surface area (Å²) < 4.78 is 12.3. The van der Waals surface area contributed by atoms with Crippen molar-refractivity contribution in [2.75, 3.05) is 0 Å². The van der Waals surface area contributed by atoms with Gasteiger partial charge in [0.05, 0.1) is 17.4 Å². The summed E-state index contributed by atoms with van der Waals surface area (Å²) in [6.07, 6.45) is 12.1. The molecule has 150 valence electrons. The standard InChI is InChI=1S/C22H32O5/c23-18(16-5-1-2-6-16)26-21-10-15-9-20(25,12-21)13-22(11-15,14-21)27-19(24)17-7-3-4-8-17/h15-17,25H,1-14H2. The van der Waals surface area contributed by atoms with Gasteiger partial charge in [0.1, 0.15) is 11.2 Å². The summed E-state index contributed by atoms with van der Waals surface area (Å²) in [6.45, 7) is 0. The monoisotopic (exact) mass is 376 g/mol. The Morgan fingerprint density at radius 1 is 0.704 bits per heavy atom. The summed E-state index contributed by atoms with van der Waals surface area (Å²) in [6, 6.07) is 0. The zero-order chi connectivity index (χ0) is 18.7. The quantitative estimate of drug-likeness (QED) is 0.758. The second-order valence-corrected chi connectivity index (χ2v) is 10.4. The van der Waals surface area contributed by atoms with Crippen LogP contribution in [0.1, 0.15) is 89.9 Å². The highest BCUT2D eigenvalue weighted by atomic mass is 16.6. The maximum Gasteiger partial charge on any atom is 0.309 e. The third-order valence-electron chi connectivity index (χ3n) is 7.95. The highest BCUT2D eigenvalue weighted by molar-refractivity contribution is 5.74. The molecule has 6 aliphatic rings. The van der Waals surface area contributed by atoms with E-state index in [0.29, 0.717) is 19.3 Å². The molecule has 2 atom stereocenters. The van der Waals surface area contributed by atoms with E-state index >= 15 is 0 Å². The lowest BCUT2D eigenvalue weighted by atomic mass is 9.50. The van der Waals surface area contributed by atoms with E-state index in [1.165, 1.54) is 0 Å². The molecule has 6 fully saturated rings. The van der Waals surface area contributed by atoms with Gasteiger partial charge in [0, 0.05) is 19.3 Å². The van der Waals surface area contributed by atoms with Crippen LogP contribution in [0.3, 0.4) is 0 Å². The van der Waals surface area contributed by atoms with Crippen molar-refractivity contribution in [3.63, 3.8) is 0 Å². The number of hydrogen-bond donors (Lipinski definition) is 1. The van der Waals surface area contributed by atoms with Crippen LogP contribution in [0.15, 0.2) is 0 Å². The van der Waals surface area contributed by atoms with Gasteiger partial charge in [-0.15, -0.1) is 0 Å². The first-order valence-corrected chi connectivity index (χ1v) is 11.1. The third-order valence-corrected chi connectivity index (χ3v) is 7.95. The Hall–Kier alpha value is -1.10. The van der Waals surface area contributed by atoms with Crippen LogP contribution in [-0.2, 0) is 19.1 Å². The molecule has 1 N–H and O–H groups in total. The maximum atomic E-state index is 12.8. The first-order valence-electron chi connectivity index (χ1n) is 11.1. The molecule has 4 bridgehead atoms. The largest absolute Gasteiger partial charge is 0.459 e. The van der Waals surface area contributed by atoms with E-state index < -0.39 is 16.8 Å². The van der Waals surface area contributed by atoms with Gasteiger partial charge in [-0.1, -0.05) is 25.7 Å². The molecule has 0 heterocycles. The summed E-state index contributed by atoms with van der Waals surface area (Å²) in [7, 11) is 0. The minimum Gasteiger partial charge on any atom is -0.459 e. The van der Waals surface area contributed by atoms with Gasteiger partial charge in [0.2, 0.25) is 0 Å². The van der Waals surface area contributed by atoms with Gasteiger partial charge >= 0.3 is 11.9 Å². The Balaban J connectivity index is 1.36. The summed E-state index contributed by atoms with van der Waals surface area (Å²) in [4.78, 5) is 25.5. The average Bonchev–Trinajstić information content (AvgIpc) is 3.26. The fourth-order valence-corrected chi connectivity index (χ4v) is 7.36. The van der Waals surface area contributed by atoms with Crippen LogP contribution in [0, 0.1) is 17.8 Å². The van der Waals surface area contributed by atoms with Gasteiger partial charge in [-0.05, 0) is 50.9 Å². The molecule has 5 nitrogen and oxygen atoms in total. The van der Waals surface area contributed by atoms with Crippen LogP contribution in [-0.4, -0.2) is 33.8 Å². The molecule has 27 heavy (non-hydrogen) atoms. The highest BCUT2D eigenvalue weighted by Crippen LogP contribution is 2.62. The topological polar surface area (TPSA) is 72.8 Å². The molecule has 6 rings (SSSR count). The number of aliphatic hydroxyl groups is 1. The SMILES string of the molecule is O=C(OC12CC3CC(O)(C1)CC(OC(=O)C1CCCC1)(C3)C2)C1CCCC1. The van der Waals surface area contributed by atoms with Crippen molar-refractivity contribution in [3.8, 4) is 0 Å². The van der Waals surface area contributed by atoms with Gasteiger partial charge in [-0.3, -0.25) is 9.59 Å². The molecule has 0 aromatic heterocycles. The van der Waals surface area contributed by atoms with Gasteiger partial charge < -0.3 is 14.6 Å². The first kappa shape index (κ1) is 18.0. The van der Waals surface area contributed by atoms with Gasteiger partial charge in [-0.2, -0.15) is 0 Å². The van der Waals surface area contributed by atoms with Crippen molar-refractivity contribution in [1.82, 2.24) is 0 Å². The van der Waals surface area contributed by atoms with Crippen molar-refractivity contribution in [2.45, 2.75) is 107 Å². The predicted molar refractivity (Wildman–Crippen MR) is 97.7 cm³/mol. The summed E-state index contributed by atoms with van der Waals surface area (Å²) in [5.74, 6) is 0.138. The highest BCUT2D eigenvalue weighted by Gasteiger charge is 2.66. The Kier molecular flexibility index (Phi) is 4.12. The maximum absolute atomic E-state index is 12.8. The number of ether oxygens (including phenoxy) is 2.